The van der Waals surface area contributed by atoms with E-state index in [1.807, 2.05) is 30.3 Å². The molecule has 4 rings (SSSR count). The summed E-state index contributed by atoms with van der Waals surface area (Å²) in [6.07, 6.45) is 1.38. The predicted octanol–water partition coefficient (Wildman–Crippen LogP) is 4.23. The highest BCUT2D eigenvalue weighted by Gasteiger charge is 2.36. The summed E-state index contributed by atoms with van der Waals surface area (Å²) < 4.78 is 21.4. The normalized spacial score (nSPS) is 13.4. The van der Waals surface area contributed by atoms with Crippen molar-refractivity contribution < 1.29 is 43.5 Å². The number of anilines is 1. The quantitative estimate of drug-likeness (QED) is 0.148. The van der Waals surface area contributed by atoms with Crippen LogP contribution < -0.4 is 20.1 Å². The molecule has 0 radical (unpaired) electrons. The van der Waals surface area contributed by atoms with Gasteiger partial charge in [-0.1, -0.05) is 48.9 Å². The predicted molar refractivity (Wildman–Crippen MR) is 160 cm³/mol. The summed E-state index contributed by atoms with van der Waals surface area (Å²) in [4.78, 5) is 35.8. The number of unbranched alkanes of at least 4 members (excludes halogenated alkanes) is 3. The van der Waals surface area contributed by atoms with Crippen molar-refractivity contribution in [3.8, 4) is 11.5 Å². The summed E-state index contributed by atoms with van der Waals surface area (Å²) in [6.45, 7) is 0.369. The zero-order valence-electron chi connectivity index (χ0n) is 24.0. The summed E-state index contributed by atoms with van der Waals surface area (Å²) >= 11 is 0. The Hall–Kier alpha value is -4.35. The van der Waals surface area contributed by atoms with E-state index in [1.54, 1.807) is 0 Å². The molecule has 0 bridgehead atoms. The molecular formula is C32H38N2O9. The van der Waals surface area contributed by atoms with Crippen LogP contribution in [0.5, 0.6) is 11.5 Å². The van der Waals surface area contributed by atoms with E-state index < -0.39 is 36.7 Å². The number of aliphatic carboxylic acids is 2. The number of fused-ring (bicyclic) bond motifs is 2. The lowest BCUT2D eigenvalue weighted by Gasteiger charge is -2.23. The van der Waals surface area contributed by atoms with E-state index in [9.17, 15) is 19.5 Å². The van der Waals surface area contributed by atoms with Crippen LogP contribution in [0, 0.1) is 0 Å². The van der Waals surface area contributed by atoms with Gasteiger partial charge in [-0.3, -0.25) is 4.79 Å². The number of ether oxygens (including phenoxy) is 4. The molecule has 0 fully saturated rings. The topological polar surface area (TPSA) is 153 Å². The number of benzene rings is 3. The van der Waals surface area contributed by atoms with Crippen LogP contribution in [0.2, 0.25) is 0 Å². The molecule has 1 heterocycles. The van der Waals surface area contributed by atoms with Crippen LogP contribution in [-0.4, -0.2) is 73.4 Å². The van der Waals surface area contributed by atoms with Crippen molar-refractivity contribution in [3.05, 3.63) is 66.2 Å². The summed E-state index contributed by atoms with van der Waals surface area (Å²) in [5.74, 6) is -2.09. The summed E-state index contributed by atoms with van der Waals surface area (Å²) in [7, 11) is 0. The van der Waals surface area contributed by atoms with Crippen molar-refractivity contribution in [2.75, 3.05) is 38.4 Å². The molecule has 0 aliphatic carbocycles. The van der Waals surface area contributed by atoms with Gasteiger partial charge >= 0.3 is 11.9 Å². The third kappa shape index (κ3) is 9.86. The standard InChI is InChI=1S/C32H38N2O9/c35-28(36)20-41-30(32(38)39)29(40-17-7-6-15-33-25-13-14-26-27(19-25)43-21-42-26)31(37)34-16-5-1-2-8-22-11-12-23-9-3-4-10-24(23)18-22/h3-4,9-14,18-19,29-30,33H,1-2,5-8,15-17,20-21H2,(H,34,37)(H,35,36)(H,38,39). The maximum absolute atomic E-state index is 12.9. The Bertz CT molecular complexity index is 1380. The fourth-order valence-electron chi connectivity index (χ4n) is 4.76. The molecule has 0 saturated carbocycles. The molecule has 1 amide bonds. The number of hydrogen-bond acceptors (Lipinski definition) is 8. The molecular weight excluding hydrogens is 556 g/mol. The number of carboxylic acids is 2. The first-order chi connectivity index (χ1) is 20.9. The molecule has 11 heteroatoms. The molecule has 2 atom stereocenters. The molecule has 2 unspecified atom stereocenters. The van der Waals surface area contributed by atoms with Crippen molar-refractivity contribution in [1.82, 2.24) is 5.32 Å². The zero-order chi connectivity index (χ0) is 30.4. The number of carbonyl (C=O) groups excluding carboxylic acids is 1. The van der Waals surface area contributed by atoms with Gasteiger partial charge in [0.25, 0.3) is 5.91 Å². The number of carboxylic acid groups (broad SMARTS) is 2. The number of rotatable bonds is 19. The fourth-order valence-corrected chi connectivity index (χ4v) is 4.76. The summed E-state index contributed by atoms with van der Waals surface area (Å²) in [5.41, 5.74) is 2.12. The first-order valence-corrected chi connectivity index (χ1v) is 14.5. The maximum Gasteiger partial charge on any atom is 0.336 e. The molecule has 4 N–H and O–H groups in total. The van der Waals surface area contributed by atoms with Gasteiger partial charge in [0.2, 0.25) is 6.79 Å². The molecule has 0 aromatic heterocycles. The van der Waals surface area contributed by atoms with Gasteiger partial charge in [-0.15, -0.1) is 0 Å². The number of carbonyl (C=O) groups is 3. The van der Waals surface area contributed by atoms with Crippen LogP contribution in [-0.2, 0) is 30.3 Å². The largest absolute Gasteiger partial charge is 0.480 e. The summed E-state index contributed by atoms with van der Waals surface area (Å²) in [5, 5.41) is 27.0. The van der Waals surface area contributed by atoms with Crippen molar-refractivity contribution >= 4 is 34.3 Å². The fraction of sp³-hybridized carbons (Fsp3) is 0.406. The number of nitrogens with one attached hydrogen (secondary N) is 2. The number of hydrogen-bond donors (Lipinski definition) is 4. The molecule has 230 valence electrons. The summed E-state index contributed by atoms with van der Waals surface area (Å²) in [6, 6.07) is 20.2. The molecule has 3 aromatic carbocycles. The third-order valence-electron chi connectivity index (χ3n) is 6.99. The van der Waals surface area contributed by atoms with Crippen molar-refractivity contribution in [2.45, 2.75) is 50.7 Å². The zero-order valence-corrected chi connectivity index (χ0v) is 24.0. The second kappa shape index (κ2) is 16.3. The third-order valence-corrected chi connectivity index (χ3v) is 6.99. The lowest BCUT2D eigenvalue weighted by atomic mass is 10.0. The molecule has 0 saturated heterocycles. The Morgan fingerprint density at radius 2 is 1.58 bits per heavy atom. The lowest BCUT2D eigenvalue weighted by molar-refractivity contribution is -0.172. The molecule has 1 aliphatic rings. The molecule has 11 nitrogen and oxygen atoms in total. The van der Waals surface area contributed by atoms with Crippen LogP contribution in [0.4, 0.5) is 5.69 Å². The van der Waals surface area contributed by atoms with Gasteiger partial charge in [0, 0.05) is 31.5 Å². The number of aryl methyl sites for hydroxylation is 1. The SMILES string of the molecule is O=C(O)COC(C(=O)O)C(OCCCCNc1ccc2c(c1)OCO2)C(=O)NCCCCCc1ccc2ccccc2c1. The first kappa shape index (κ1) is 31.6. The van der Waals surface area contributed by atoms with Gasteiger partial charge in [-0.05, 0) is 60.6 Å². The van der Waals surface area contributed by atoms with Crippen LogP contribution in [0.3, 0.4) is 0 Å². The smallest absolute Gasteiger partial charge is 0.336 e. The highest BCUT2D eigenvalue weighted by Crippen LogP contribution is 2.34. The van der Waals surface area contributed by atoms with Crippen molar-refractivity contribution in [3.63, 3.8) is 0 Å². The number of amides is 1. The van der Waals surface area contributed by atoms with Crippen LogP contribution in [0.1, 0.15) is 37.7 Å². The van der Waals surface area contributed by atoms with E-state index in [0.29, 0.717) is 43.9 Å². The van der Waals surface area contributed by atoms with Crippen LogP contribution in [0.25, 0.3) is 10.8 Å². The Balaban J connectivity index is 1.19. The highest BCUT2D eigenvalue weighted by atomic mass is 16.7. The van der Waals surface area contributed by atoms with E-state index in [2.05, 4.69) is 41.0 Å². The Morgan fingerprint density at radius 3 is 2.40 bits per heavy atom. The van der Waals surface area contributed by atoms with E-state index in [1.165, 1.54) is 16.3 Å². The van der Waals surface area contributed by atoms with E-state index in [-0.39, 0.29) is 13.4 Å². The van der Waals surface area contributed by atoms with Gasteiger partial charge in [0.1, 0.15) is 6.61 Å². The Labute approximate surface area is 250 Å². The Kier molecular flexibility index (Phi) is 12.0. The van der Waals surface area contributed by atoms with Crippen LogP contribution in [0.15, 0.2) is 60.7 Å². The average molecular weight is 595 g/mol. The minimum absolute atomic E-state index is 0.0902. The van der Waals surface area contributed by atoms with Crippen molar-refractivity contribution in [1.29, 1.82) is 0 Å². The van der Waals surface area contributed by atoms with Gasteiger partial charge in [0.15, 0.2) is 23.7 Å². The van der Waals surface area contributed by atoms with Gasteiger partial charge in [-0.2, -0.15) is 0 Å². The van der Waals surface area contributed by atoms with Gasteiger partial charge < -0.3 is 39.8 Å². The molecule has 1 aliphatic heterocycles. The van der Waals surface area contributed by atoms with E-state index in [4.69, 9.17) is 24.1 Å². The van der Waals surface area contributed by atoms with Crippen molar-refractivity contribution in [2.24, 2.45) is 0 Å². The second-order valence-electron chi connectivity index (χ2n) is 10.2. The average Bonchev–Trinajstić information content (AvgIpc) is 3.47. The van der Waals surface area contributed by atoms with E-state index in [0.717, 1.165) is 24.9 Å². The van der Waals surface area contributed by atoms with E-state index >= 15 is 0 Å². The minimum atomic E-state index is -1.75. The van der Waals surface area contributed by atoms with Gasteiger partial charge in [0.05, 0.1) is 0 Å². The molecule has 3 aromatic rings. The van der Waals surface area contributed by atoms with Gasteiger partial charge in [-0.25, -0.2) is 9.59 Å². The molecule has 43 heavy (non-hydrogen) atoms. The second-order valence-corrected chi connectivity index (χ2v) is 10.2. The minimum Gasteiger partial charge on any atom is -0.480 e. The highest BCUT2D eigenvalue weighted by molar-refractivity contribution is 5.88. The Morgan fingerprint density at radius 1 is 0.791 bits per heavy atom. The molecule has 0 spiro atoms. The lowest BCUT2D eigenvalue weighted by Crippen LogP contribution is -2.49. The maximum atomic E-state index is 12.9. The first-order valence-electron chi connectivity index (χ1n) is 14.5. The van der Waals surface area contributed by atoms with Crippen LogP contribution >= 0.6 is 0 Å². The monoisotopic (exact) mass is 594 g/mol.